The fourth-order valence-corrected chi connectivity index (χ4v) is 17.0. The smallest absolute Gasteiger partial charge is 0.167 e. The van der Waals surface area contributed by atoms with Gasteiger partial charge in [0, 0.05) is 111 Å². The standard InChI is InChI=1S/C45H26N4O2.C45H26N4S2/c1-2-13-27(14-3-1)43-46-44(48-45(47-43)34-21-10-18-31-30-17-6-9-25-38(30)50-41(31)34)33-20-12-26-39-40(33)32-19-11-24-37(42(32)51-39)49-35-22-7-4-15-28(35)29-16-5-8-23-36(29)49;1-2-12-27(13-3-1)43-46-44(48-45(47-43)32-17-10-22-39-41(32)31-16-6-9-21-37(31)50-39)28-24-25-38-33(26-28)42-36(20-11-23-40(42)51-38)49-34-18-7-4-14-29(34)30-15-5-8-19-35(30)49/h2*1-26H/i1D,2D,3D,13D,14D;1D,2D,3D,12D,13D. The Morgan fingerprint density at radius 2 is 0.676 bits per heavy atom. The third-order valence-electron chi connectivity index (χ3n) is 19.1. The maximum atomic E-state index is 8.85. The molecule has 22 aromatic rings. The molecule has 0 unspecified atom stereocenters. The van der Waals surface area contributed by atoms with E-state index in [1.165, 1.54) is 10.8 Å². The second-order valence-corrected chi connectivity index (χ2v) is 27.0. The van der Waals surface area contributed by atoms with Crippen molar-refractivity contribution in [3.8, 4) is 79.7 Å². The Hall–Kier alpha value is -13.3. The minimum Gasteiger partial charge on any atom is -0.455 e. The molecule has 14 aromatic carbocycles. The second-order valence-electron chi connectivity index (χ2n) is 24.8. The highest BCUT2D eigenvalue weighted by atomic mass is 32.1. The molecule has 0 atom stereocenters. The van der Waals surface area contributed by atoms with Gasteiger partial charge in [0.05, 0.1) is 52.7 Å². The minimum absolute atomic E-state index is 0.0137. The van der Waals surface area contributed by atoms with E-state index >= 15 is 0 Å². The predicted molar refractivity (Wildman–Crippen MR) is 421 cm³/mol. The lowest BCUT2D eigenvalue weighted by Gasteiger charge is -2.11. The first-order valence-corrected chi connectivity index (χ1v) is 34.7. The first-order valence-electron chi connectivity index (χ1n) is 38.1. The van der Waals surface area contributed by atoms with Crippen molar-refractivity contribution in [3.05, 3.63) is 315 Å². The number of furan rings is 2. The van der Waals surface area contributed by atoms with Crippen molar-refractivity contribution >= 4 is 151 Å². The molecule has 0 fully saturated rings. The molecule has 10 nitrogen and oxygen atoms in total. The third kappa shape index (κ3) is 9.17. The van der Waals surface area contributed by atoms with Crippen molar-refractivity contribution in [2.45, 2.75) is 0 Å². The van der Waals surface area contributed by atoms with E-state index in [2.05, 4.69) is 137 Å². The van der Waals surface area contributed by atoms with E-state index in [0.717, 1.165) is 112 Å². The summed E-state index contributed by atoms with van der Waals surface area (Å²) in [6.45, 7) is 0. The van der Waals surface area contributed by atoms with Crippen LogP contribution < -0.4 is 0 Å². The monoisotopic (exact) mass is 1350 g/mol. The highest BCUT2D eigenvalue weighted by molar-refractivity contribution is 7.26. The molecule has 0 radical (unpaired) electrons. The number of hydrogen-bond acceptors (Lipinski definition) is 10. The fourth-order valence-electron chi connectivity index (χ4n) is 14.8. The Kier molecular flexibility index (Phi) is 11.0. The van der Waals surface area contributed by atoms with Gasteiger partial charge in [-0.15, -0.1) is 22.7 Å². The molecule has 0 aliphatic heterocycles. The van der Waals surface area contributed by atoms with E-state index in [1.807, 2.05) is 127 Å². The first-order chi connectivity index (χ1) is 54.7. The Morgan fingerprint density at radius 3 is 1.32 bits per heavy atom. The van der Waals surface area contributed by atoms with Gasteiger partial charge in [-0.25, -0.2) is 29.9 Å². The Morgan fingerprint density at radius 1 is 0.265 bits per heavy atom. The lowest BCUT2D eigenvalue weighted by Crippen LogP contribution is -2.00. The molecule has 476 valence electrons. The summed E-state index contributed by atoms with van der Waals surface area (Å²) in [5.74, 6) is 1.10. The van der Waals surface area contributed by atoms with Crippen LogP contribution in [0.25, 0.3) is 208 Å². The average Bonchev–Trinajstić information content (AvgIpc) is 1.55. The van der Waals surface area contributed by atoms with Gasteiger partial charge in [-0.3, -0.25) is 0 Å². The lowest BCUT2D eigenvalue weighted by molar-refractivity contribution is 0.666. The zero-order chi connectivity index (χ0) is 75.6. The number of fused-ring (bicyclic) bond motifs is 18. The van der Waals surface area contributed by atoms with Gasteiger partial charge >= 0.3 is 0 Å². The highest BCUT2D eigenvalue weighted by Crippen LogP contribution is 2.46. The predicted octanol–water partition coefficient (Wildman–Crippen LogP) is 24.5. The summed E-state index contributed by atoms with van der Waals surface area (Å²) in [5, 5.41) is 12.2. The number of benzene rings is 14. The van der Waals surface area contributed by atoms with E-state index in [-0.39, 0.29) is 46.5 Å². The van der Waals surface area contributed by atoms with E-state index in [9.17, 15) is 0 Å². The van der Waals surface area contributed by atoms with Crippen molar-refractivity contribution in [2.24, 2.45) is 0 Å². The van der Waals surface area contributed by atoms with Crippen molar-refractivity contribution in [1.29, 1.82) is 0 Å². The highest BCUT2D eigenvalue weighted by Gasteiger charge is 2.25. The van der Waals surface area contributed by atoms with Gasteiger partial charge in [-0.2, -0.15) is 0 Å². The summed E-state index contributed by atoms with van der Waals surface area (Å²) in [6, 6.07) is 81.3. The Labute approximate surface area is 603 Å². The van der Waals surface area contributed by atoms with Crippen LogP contribution >= 0.6 is 22.7 Å². The largest absolute Gasteiger partial charge is 0.455 e. The van der Waals surface area contributed by atoms with Gasteiger partial charge in [-0.1, -0.05) is 224 Å². The van der Waals surface area contributed by atoms with Crippen LogP contribution in [0.4, 0.5) is 0 Å². The number of rotatable bonds is 8. The topological polar surface area (TPSA) is 113 Å². The molecule has 8 heterocycles. The molecule has 0 spiro atoms. The lowest BCUT2D eigenvalue weighted by atomic mass is 10.0. The summed E-state index contributed by atoms with van der Waals surface area (Å²) in [6.07, 6.45) is 0. The van der Waals surface area contributed by atoms with Crippen LogP contribution in [0.2, 0.25) is 0 Å². The minimum atomic E-state index is -0.501. The number of aromatic nitrogens is 8. The number of hydrogen-bond donors (Lipinski definition) is 0. The molecule has 8 aromatic heterocycles. The molecule has 0 aliphatic carbocycles. The first kappa shape index (κ1) is 48.5. The maximum absolute atomic E-state index is 8.85. The Balaban J connectivity index is 0.000000141. The van der Waals surface area contributed by atoms with Crippen LogP contribution in [-0.4, -0.2) is 39.0 Å². The van der Waals surface area contributed by atoms with Gasteiger partial charge in [-0.05, 0) is 91.0 Å². The van der Waals surface area contributed by atoms with Crippen LogP contribution in [-0.2, 0) is 0 Å². The maximum Gasteiger partial charge on any atom is 0.167 e. The quantitative estimate of drug-likeness (QED) is 0.148. The second kappa shape index (κ2) is 23.2. The van der Waals surface area contributed by atoms with Crippen molar-refractivity contribution in [3.63, 3.8) is 0 Å². The van der Waals surface area contributed by atoms with Crippen molar-refractivity contribution < 1.29 is 22.5 Å². The van der Waals surface area contributed by atoms with Gasteiger partial charge in [0.25, 0.3) is 0 Å². The van der Waals surface area contributed by atoms with E-state index < -0.39 is 48.3 Å². The third-order valence-corrected chi connectivity index (χ3v) is 21.4. The van der Waals surface area contributed by atoms with Gasteiger partial charge in [0.2, 0.25) is 0 Å². The SMILES string of the molecule is [2H]c1c([2H])c([2H])c(-c2nc(-c3ccc4sc5cccc(-n6c7ccccc7c7ccccc76)c5c4c3)nc(-c3cccc4sc5ccccc5c34)n2)c([2H])c1[2H].[2H]c1c([2H])c([2H])c(-c2nc(-c3cccc4c3oc3ccccc34)nc(-c3cccc4oc5c(-n6c7ccccc7c7ccccc76)cccc5c34)n2)c([2H])c1[2H]. The zero-order valence-electron chi connectivity index (χ0n) is 63.5. The number of para-hydroxylation sites is 7. The van der Waals surface area contributed by atoms with Crippen molar-refractivity contribution in [2.75, 3.05) is 0 Å². The fraction of sp³-hybridized carbons (Fsp3) is 0. The number of nitrogens with zero attached hydrogens (tertiary/aromatic N) is 8. The molecule has 0 amide bonds. The number of thiophene rings is 2. The van der Waals surface area contributed by atoms with E-state index in [0.29, 0.717) is 50.7 Å². The molecule has 0 saturated heterocycles. The summed E-state index contributed by atoms with van der Waals surface area (Å²) < 4.78 is 108. The van der Waals surface area contributed by atoms with Crippen LogP contribution in [0, 0.1) is 0 Å². The molecule has 0 bridgehead atoms. The van der Waals surface area contributed by atoms with E-state index in [1.54, 1.807) is 22.7 Å². The van der Waals surface area contributed by atoms with Crippen LogP contribution in [0.3, 0.4) is 0 Å². The molecule has 22 rings (SSSR count). The average molecular weight is 1350 g/mol. The summed E-state index contributed by atoms with van der Waals surface area (Å²) in [4.78, 5) is 29.6. The van der Waals surface area contributed by atoms with Crippen LogP contribution in [0.1, 0.15) is 13.7 Å². The molecular formula is C90H52N8O2S2. The Bertz CT molecular complexity index is 7670. The zero-order valence-corrected chi connectivity index (χ0v) is 55.1. The summed E-state index contributed by atoms with van der Waals surface area (Å²) in [5.41, 5.74) is 11.3. The van der Waals surface area contributed by atoms with Gasteiger partial charge in [0.1, 0.15) is 16.7 Å². The summed E-state index contributed by atoms with van der Waals surface area (Å²) >= 11 is 3.41. The molecular weight excluding hydrogens is 1290 g/mol. The van der Waals surface area contributed by atoms with Crippen molar-refractivity contribution in [1.82, 2.24) is 39.0 Å². The van der Waals surface area contributed by atoms with Gasteiger partial charge < -0.3 is 18.0 Å². The molecule has 0 saturated carbocycles. The van der Waals surface area contributed by atoms with Gasteiger partial charge in [0.15, 0.2) is 40.5 Å². The van der Waals surface area contributed by atoms with Crippen LogP contribution in [0.5, 0.6) is 0 Å². The normalized spacial score (nSPS) is 13.3. The van der Waals surface area contributed by atoms with Crippen LogP contribution in [0.15, 0.2) is 324 Å². The molecule has 12 heteroatoms. The molecule has 0 aliphatic rings. The summed E-state index contributed by atoms with van der Waals surface area (Å²) in [7, 11) is 0. The van der Waals surface area contributed by atoms with E-state index in [4.69, 9.17) is 52.4 Å². The molecule has 0 N–H and O–H groups in total. The molecule has 102 heavy (non-hydrogen) atoms.